The predicted molar refractivity (Wildman–Crippen MR) is 79.8 cm³/mol. The van der Waals surface area contributed by atoms with E-state index in [1.165, 1.54) is 12.1 Å². The number of aryl methyl sites for hydroxylation is 1. The maximum absolute atomic E-state index is 13.1. The van der Waals surface area contributed by atoms with E-state index in [1.807, 2.05) is 13.8 Å². The van der Waals surface area contributed by atoms with E-state index in [9.17, 15) is 4.39 Å². The zero-order valence-corrected chi connectivity index (χ0v) is 13.1. The van der Waals surface area contributed by atoms with Crippen molar-refractivity contribution in [2.45, 2.75) is 20.8 Å². The van der Waals surface area contributed by atoms with Crippen molar-refractivity contribution >= 4 is 21.7 Å². The number of benzene rings is 1. The van der Waals surface area contributed by atoms with Gasteiger partial charge in [-0.15, -0.1) is 0 Å². The zero-order chi connectivity index (χ0) is 14.7. The smallest absolute Gasteiger partial charge is 0.227 e. The molecule has 2 aromatic rings. The third-order valence-corrected chi connectivity index (χ3v) is 3.28. The third kappa shape index (κ3) is 3.25. The van der Waals surface area contributed by atoms with Crippen LogP contribution in [0.2, 0.25) is 0 Å². The lowest BCUT2D eigenvalue weighted by Crippen LogP contribution is -2.06. The Bertz CT molecular complexity index is 634. The molecule has 6 heteroatoms. The van der Waals surface area contributed by atoms with Crippen LogP contribution < -0.4 is 10.1 Å². The highest BCUT2D eigenvalue weighted by Gasteiger charge is 2.12. The van der Waals surface area contributed by atoms with Crippen molar-refractivity contribution < 1.29 is 9.13 Å². The van der Waals surface area contributed by atoms with Crippen LogP contribution in [0.1, 0.15) is 18.3 Å². The Morgan fingerprint density at radius 2 is 2.05 bits per heavy atom. The Morgan fingerprint density at radius 3 is 2.70 bits per heavy atom. The molecule has 0 saturated heterocycles. The summed E-state index contributed by atoms with van der Waals surface area (Å²) < 4.78 is 19.4. The van der Waals surface area contributed by atoms with Gasteiger partial charge in [-0.3, -0.25) is 0 Å². The van der Waals surface area contributed by atoms with Gasteiger partial charge in [-0.25, -0.2) is 9.37 Å². The van der Waals surface area contributed by atoms with Gasteiger partial charge in [0.1, 0.15) is 23.2 Å². The largest absolute Gasteiger partial charge is 0.437 e. The minimum absolute atomic E-state index is 0.326. The summed E-state index contributed by atoms with van der Waals surface area (Å²) >= 11 is 3.27. The molecule has 4 nitrogen and oxygen atoms in total. The number of halogens is 2. The van der Waals surface area contributed by atoms with E-state index in [4.69, 9.17) is 4.74 Å². The highest BCUT2D eigenvalue weighted by molar-refractivity contribution is 9.10. The number of nitrogens with one attached hydrogen (secondary N) is 1. The normalized spacial score (nSPS) is 10.4. The zero-order valence-electron chi connectivity index (χ0n) is 11.5. The molecular weight excluding hydrogens is 325 g/mol. The number of nitrogens with zero attached hydrogens (tertiary/aromatic N) is 2. The standard InChI is InChI=1S/C14H15BrFN3O/c1-4-17-13-8(2)14(19-9(3)18-13)20-12-6-5-10(16)7-11(12)15/h5-7H,4H2,1-3H3,(H,17,18,19). The van der Waals surface area contributed by atoms with Crippen LogP contribution in [-0.2, 0) is 0 Å². The molecule has 0 amide bonds. The first-order chi connectivity index (χ1) is 9.51. The Labute approximate surface area is 125 Å². The number of aromatic nitrogens is 2. The lowest BCUT2D eigenvalue weighted by atomic mass is 10.3. The molecule has 0 aliphatic heterocycles. The van der Waals surface area contributed by atoms with Crippen LogP contribution in [0.15, 0.2) is 22.7 Å². The molecule has 0 aliphatic carbocycles. The first kappa shape index (κ1) is 14.7. The van der Waals surface area contributed by atoms with Gasteiger partial charge in [0.15, 0.2) is 0 Å². The first-order valence-electron chi connectivity index (χ1n) is 6.23. The quantitative estimate of drug-likeness (QED) is 0.905. The van der Waals surface area contributed by atoms with Gasteiger partial charge in [-0.2, -0.15) is 4.98 Å². The van der Waals surface area contributed by atoms with Crippen molar-refractivity contribution in [2.24, 2.45) is 0 Å². The molecule has 1 heterocycles. The van der Waals surface area contributed by atoms with Gasteiger partial charge in [-0.05, 0) is 54.9 Å². The molecule has 0 aliphatic rings. The highest BCUT2D eigenvalue weighted by Crippen LogP contribution is 2.32. The van der Waals surface area contributed by atoms with Crippen molar-refractivity contribution in [1.29, 1.82) is 0 Å². The fourth-order valence-corrected chi connectivity index (χ4v) is 2.14. The lowest BCUT2D eigenvalue weighted by molar-refractivity contribution is 0.451. The molecule has 2 rings (SSSR count). The maximum atomic E-state index is 13.1. The van der Waals surface area contributed by atoms with Crippen molar-refractivity contribution in [3.05, 3.63) is 39.9 Å². The fraction of sp³-hybridized carbons (Fsp3) is 0.286. The fourth-order valence-electron chi connectivity index (χ4n) is 1.70. The second-order valence-corrected chi connectivity index (χ2v) is 5.11. The van der Waals surface area contributed by atoms with E-state index in [0.717, 1.165) is 17.9 Å². The van der Waals surface area contributed by atoms with Crippen LogP contribution in [-0.4, -0.2) is 16.5 Å². The second-order valence-electron chi connectivity index (χ2n) is 4.26. The van der Waals surface area contributed by atoms with E-state index >= 15 is 0 Å². The number of hydrogen-bond acceptors (Lipinski definition) is 4. The lowest BCUT2D eigenvalue weighted by Gasteiger charge is -2.13. The molecule has 1 aromatic carbocycles. The van der Waals surface area contributed by atoms with Crippen molar-refractivity contribution in [3.8, 4) is 11.6 Å². The Balaban J connectivity index is 2.37. The van der Waals surface area contributed by atoms with Gasteiger partial charge in [0.2, 0.25) is 5.88 Å². The predicted octanol–water partition coefficient (Wildman–Crippen LogP) is 4.22. The second kappa shape index (κ2) is 6.17. The minimum atomic E-state index is -0.326. The van der Waals surface area contributed by atoms with Crippen LogP contribution in [0.3, 0.4) is 0 Å². The monoisotopic (exact) mass is 339 g/mol. The van der Waals surface area contributed by atoms with Gasteiger partial charge in [-0.1, -0.05) is 0 Å². The van der Waals surface area contributed by atoms with Gasteiger partial charge in [0.05, 0.1) is 10.0 Å². The molecule has 0 atom stereocenters. The molecule has 0 fully saturated rings. The van der Waals surface area contributed by atoms with E-state index in [0.29, 0.717) is 21.9 Å². The number of ether oxygens (including phenoxy) is 1. The van der Waals surface area contributed by atoms with Gasteiger partial charge in [0, 0.05) is 6.54 Å². The Morgan fingerprint density at radius 1 is 1.30 bits per heavy atom. The molecule has 0 spiro atoms. The summed E-state index contributed by atoms with van der Waals surface area (Å²) in [7, 11) is 0. The van der Waals surface area contributed by atoms with Gasteiger partial charge >= 0.3 is 0 Å². The van der Waals surface area contributed by atoms with Crippen LogP contribution in [0.4, 0.5) is 10.2 Å². The van der Waals surface area contributed by atoms with Crippen molar-refractivity contribution in [1.82, 2.24) is 9.97 Å². The van der Waals surface area contributed by atoms with Crippen LogP contribution in [0.5, 0.6) is 11.6 Å². The van der Waals surface area contributed by atoms with E-state index < -0.39 is 0 Å². The topological polar surface area (TPSA) is 47.0 Å². The van der Waals surface area contributed by atoms with Gasteiger partial charge < -0.3 is 10.1 Å². The summed E-state index contributed by atoms with van der Waals surface area (Å²) in [5, 5.41) is 3.16. The van der Waals surface area contributed by atoms with Crippen LogP contribution in [0, 0.1) is 19.7 Å². The molecule has 20 heavy (non-hydrogen) atoms. The number of rotatable bonds is 4. The van der Waals surface area contributed by atoms with Crippen molar-refractivity contribution in [2.75, 3.05) is 11.9 Å². The summed E-state index contributed by atoms with van der Waals surface area (Å²) in [6.07, 6.45) is 0. The Hall–Kier alpha value is -1.69. The first-order valence-corrected chi connectivity index (χ1v) is 7.02. The third-order valence-electron chi connectivity index (χ3n) is 2.66. The van der Waals surface area contributed by atoms with Crippen molar-refractivity contribution in [3.63, 3.8) is 0 Å². The summed E-state index contributed by atoms with van der Waals surface area (Å²) in [5.74, 6) is 2.00. The maximum Gasteiger partial charge on any atom is 0.227 e. The summed E-state index contributed by atoms with van der Waals surface area (Å²) in [4.78, 5) is 8.61. The molecule has 0 bridgehead atoms. The Kier molecular flexibility index (Phi) is 4.54. The summed E-state index contributed by atoms with van der Waals surface area (Å²) in [5.41, 5.74) is 0.814. The minimum Gasteiger partial charge on any atom is -0.437 e. The number of anilines is 1. The van der Waals surface area contributed by atoms with E-state index in [1.54, 1.807) is 13.0 Å². The summed E-state index contributed by atoms with van der Waals surface area (Å²) in [6, 6.07) is 4.25. The van der Waals surface area contributed by atoms with E-state index in [-0.39, 0.29) is 5.82 Å². The molecule has 0 unspecified atom stereocenters. The molecular formula is C14H15BrFN3O. The average molecular weight is 340 g/mol. The molecule has 1 N–H and O–H groups in total. The SMILES string of the molecule is CCNc1nc(C)nc(Oc2ccc(F)cc2Br)c1C. The van der Waals surface area contributed by atoms with Crippen LogP contribution in [0.25, 0.3) is 0 Å². The van der Waals surface area contributed by atoms with E-state index in [2.05, 4.69) is 31.2 Å². The highest BCUT2D eigenvalue weighted by atomic mass is 79.9. The summed E-state index contributed by atoms with van der Waals surface area (Å²) in [6.45, 7) is 6.43. The molecule has 0 saturated carbocycles. The number of hydrogen-bond donors (Lipinski definition) is 1. The molecule has 106 valence electrons. The van der Waals surface area contributed by atoms with Crippen LogP contribution >= 0.6 is 15.9 Å². The van der Waals surface area contributed by atoms with Gasteiger partial charge in [0.25, 0.3) is 0 Å². The average Bonchev–Trinajstić information content (AvgIpc) is 2.38. The molecule has 0 radical (unpaired) electrons. The molecule has 1 aromatic heterocycles.